The molecule has 0 heterocycles. The van der Waals surface area contributed by atoms with E-state index in [9.17, 15) is 0 Å². The monoisotopic (exact) mass is 309 g/mol. The van der Waals surface area contributed by atoms with Gasteiger partial charge in [0.25, 0.3) is 0 Å². The molecule has 1 nitrogen and oxygen atoms in total. The second kappa shape index (κ2) is 6.87. The van der Waals surface area contributed by atoms with Crippen LogP contribution in [-0.4, -0.2) is 0 Å². The number of halogens is 2. The van der Waals surface area contributed by atoms with Gasteiger partial charge in [-0.1, -0.05) is 0 Å². The van der Waals surface area contributed by atoms with E-state index >= 15 is 0 Å². The summed E-state index contributed by atoms with van der Waals surface area (Å²) in [6, 6.07) is 8.27. The SMILES string of the molecule is CC(C)(C)c1cccc([O][Zr+2])c1.[Cl-].[Cl-]. The van der Waals surface area contributed by atoms with Gasteiger partial charge in [0.05, 0.1) is 0 Å². The first-order valence-electron chi connectivity index (χ1n) is 3.98. The van der Waals surface area contributed by atoms with E-state index in [4.69, 9.17) is 2.81 Å². The number of hydrogen-bond donors (Lipinski definition) is 0. The first-order chi connectivity index (χ1) is 5.54. The fourth-order valence-electron chi connectivity index (χ4n) is 1.03. The van der Waals surface area contributed by atoms with E-state index in [1.165, 1.54) is 5.56 Å². The fraction of sp³-hybridized carbons (Fsp3) is 0.400. The molecule has 1 aromatic rings. The van der Waals surface area contributed by atoms with Gasteiger partial charge in [-0.15, -0.1) is 0 Å². The van der Waals surface area contributed by atoms with Gasteiger partial charge in [0, 0.05) is 0 Å². The second-order valence-corrected chi connectivity index (χ2v) is 4.38. The molecule has 77 valence electrons. The summed E-state index contributed by atoms with van der Waals surface area (Å²) in [5, 5.41) is 0. The van der Waals surface area contributed by atoms with Crippen LogP contribution in [0.2, 0.25) is 0 Å². The van der Waals surface area contributed by atoms with Gasteiger partial charge in [0.2, 0.25) is 0 Å². The summed E-state index contributed by atoms with van der Waals surface area (Å²) in [6.45, 7) is 6.61. The molecule has 0 aromatic heterocycles. The van der Waals surface area contributed by atoms with Gasteiger partial charge in [-0.3, -0.25) is 0 Å². The molecule has 0 saturated carbocycles. The van der Waals surface area contributed by atoms with Crippen molar-refractivity contribution in [3.05, 3.63) is 29.8 Å². The molecular weight excluding hydrogens is 298 g/mol. The zero-order valence-corrected chi connectivity index (χ0v) is 12.4. The summed E-state index contributed by atoms with van der Waals surface area (Å²) in [7, 11) is 0. The fourth-order valence-corrected chi connectivity index (χ4v) is 1.34. The summed E-state index contributed by atoms with van der Waals surface area (Å²) in [5.41, 5.74) is 1.53. The molecule has 1 aromatic carbocycles. The van der Waals surface area contributed by atoms with Crippen molar-refractivity contribution in [2.75, 3.05) is 0 Å². The minimum Gasteiger partial charge on any atom is -1.00 e. The molecule has 14 heavy (non-hydrogen) atoms. The van der Waals surface area contributed by atoms with Crippen molar-refractivity contribution in [3.8, 4) is 5.75 Å². The van der Waals surface area contributed by atoms with Crippen LogP contribution >= 0.6 is 0 Å². The van der Waals surface area contributed by atoms with E-state index in [1.54, 1.807) is 0 Å². The van der Waals surface area contributed by atoms with E-state index in [2.05, 4.69) is 32.9 Å². The molecule has 0 N–H and O–H groups in total. The molecule has 0 aliphatic carbocycles. The Morgan fingerprint density at radius 1 is 1.14 bits per heavy atom. The average molecular weight is 311 g/mol. The van der Waals surface area contributed by atoms with Gasteiger partial charge in [-0.05, 0) is 0 Å². The van der Waals surface area contributed by atoms with Crippen LogP contribution in [0.15, 0.2) is 24.3 Å². The standard InChI is InChI=1S/C10H14O.2ClH.Zr/c1-10(2,3)8-5-4-6-9(11)7-8;;;/h4-7,11H,1-3H3;2*1H;/q;;;+3/p-3. The van der Waals surface area contributed by atoms with Gasteiger partial charge >= 0.3 is 89.7 Å². The number of rotatable bonds is 1. The quantitative estimate of drug-likeness (QED) is 0.532. The third kappa shape index (κ3) is 4.82. The Kier molecular flexibility index (Phi) is 8.30. The molecule has 0 radical (unpaired) electrons. The maximum atomic E-state index is 5.24. The summed E-state index contributed by atoms with van der Waals surface area (Å²) >= 11 is 1.09. The van der Waals surface area contributed by atoms with Crippen LogP contribution in [0, 0.1) is 0 Å². The van der Waals surface area contributed by atoms with Gasteiger partial charge in [0.15, 0.2) is 0 Å². The van der Waals surface area contributed by atoms with Crippen molar-refractivity contribution in [2.24, 2.45) is 0 Å². The van der Waals surface area contributed by atoms with Crippen LogP contribution < -0.4 is 27.6 Å². The van der Waals surface area contributed by atoms with Crippen molar-refractivity contribution in [2.45, 2.75) is 26.2 Å². The van der Waals surface area contributed by atoms with Crippen LogP contribution in [0.3, 0.4) is 0 Å². The molecule has 0 spiro atoms. The van der Waals surface area contributed by atoms with Crippen LogP contribution in [0.1, 0.15) is 26.3 Å². The Morgan fingerprint density at radius 3 is 2.14 bits per heavy atom. The van der Waals surface area contributed by atoms with Gasteiger partial charge in [-0.2, -0.15) is 0 Å². The second-order valence-electron chi connectivity index (χ2n) is 3.88. The van der Waals surface area contributed by atoms with Crippen molar-refractivity contribution < 1.29 is 52.8 Å². The average Bonchev–Trinajstić information content (AvgIpc) is 2.03. The van der Waals surface area contributed by atoms with Gasteiger partial charge in [-0.25, -0.2) is 0 Å². The molecule has 0 atom stereocenters. The number of hydrogen-bond acceptors (Lipinski definition) is 1. The van der Waals surface area contributed by atoms with Crippen LogP contribution in [0.25, 0.3) is 0 Å². The van der Waals surface area contributed by atoms with Crippen molar-refractivity contribution >= 4 is 0 Å². The third-order valence-corrected chi connectivity index (χ3v) is 2.40. The predicted octanol–water partition coefficient (Wildman–Crippen LogP) is -3.17. The predicted molar refractivity (Wildman–Crippen MR) is 45.8 cm³/mol. The smallest absolute Gasteiger partial charge is 1.00 e. The van der Waals surface area contributed by atoms with Crippen molar-refractivity contribution in [1.29, 1.82) is 0 Å². The molecule has 0 fully saturated rings. The Hall–Kier alpha value is 0.483. The van der Waals surface area contributed by atoms with E-state index in [0.717, 1.165) is 30.9 Å². The molecule has 4 heteroatoms. The van der Waals surface area contributed by atoms with E-state index < -0.39 is 0 Å². The first-order valence-corrected chi connectivity index (χ1v) is 4.98. The zero-order valence-electron chi connectivity index (χ0n) is 8.47. The first kappa shape index (κ1) is 16.9. The normalized spacial score (nSPS) is 9.79. The molecule has 0 aliphatic rings. The van der Waals surface area contributed by atoms with Crippen LogP contribution in [0.5, 0.6) is 5.75 Å². The molecule has 0 unspecified atom stereocenters. The maximum absolute atomic E-state index is 5.24. The van der Waals surface area contributed by atoms with Crippen molar-refractivity contribution in [1.82, 2.24) is 0 Å². The topological polar surface area (TPSA) is 9.23 Å². The minimum absolute atomic E-state index is 0. The Bertz CT molecular complexity index is 271. The van der Waals surface area contributed by atoms with Crippen LogP contribution in [-0.2, 0) is 30.6 Å². The Labute approximate surface area is 114 Å². The molecule has 0 aliphatic heterocycles. The maximum Gasteiger partial charge on any atom is -1.00 e. The molecular formula is C10H13Cl2OZr. The molecule has 0 bridgehead atoms. The summed E-state index contributed by atoms with van der Waals surface area (Å²) in [5.74, 6) is 0.973. The Morgan fingerprint density at radius 2 is 1.71 bits per heavy atom. The zero-order chi connectivity index (χ0) is 9.19. The summed E-state index contributed by atoms with van der Waals surface area (Å²) in [6.07, 6.45) is 0. The van der Waals surface area contributed by atoms with E-state index in [-0.39, 0.29) is 30.2 Å². The largest absolute Gasteiger partial charge is 1.00 e. The van der Waals surface area contributed by atoms with Crippen molar-refractivity contribution in [3.63, 3.8) is 0 Å². The molecule has 0 amide bonds. The number of benzene rings is 1. The summed E-state index contributed by atoms with van der Waals surface area (Å²) < 4.78 is 5.24. The minimum atomic E-state index is 0. The molecule has 1 rings (SSSR count). The Balaban J connectivity index is 0. The van der Waals surface area contributed by atoms with E-state index in [1.807, 2.05) is 12.1 Å². The van der Waals surface area contributed by atoms with Gasteiger partial charge in [0.1, 0.15) is 0 Å². The van der Waals surface area contributed by atoms with Crippen LogP contribution in [0.4, 0.5) is 0 Å². The molecule has 0 saturated heterocycles. The van der Waals surface area contributed by atoms with E-state index in [0.29, 0.717) is 0 Å². The van der Waals surface area contributed by atoms with Gasteiger partial charge < -0.3 is 24.8 Å². The summed E-state index contributed by atoms with van der Waals surface area (Å²) in [4.78, 5) is 0. The third-order valence-electron chi connectivity index (χ3n) is 1.82.